The number of benzene rings is 1. The average Bonchev–Trinajstić information content (AvgIpc) is 2.64. The quantitative estimate of drug-likeness (QED) is 0.824. The van der Waals surface area contributed by atoms with Crippen LogP contribution in [-0.4, -0.2) is 11.1 Å². The van der Waals surface area contributed by atoms with Crippen LogP contribution in [0.2, 0.25) is 0 Å². The van der Waals surface area contributed by atoms with Crippen molar-refractivity contribution in [2.24, 2.45) is 0 Å². The third-order valence-corrected chi connectivity index (χ3v) is 4.51. The van der Waals surface area contributed by atoms with Gasteiger partial charge in [0.25, 0.3) is 0 Å². The molecule has 1 heterocycles. The Morgan fingerprint density at radius 1 is 1.29 bits per heavy atom. The Labute approximate surface area is 119 Å². The summed E-state index contributed by atoms with van der Waals surface area (Å²) in [4.78, 5) is 11.9. The highest BCUT2D eigenvalue weighted by molar-refractivity contribution is 9.11. The fraction of sp³-hybridized carbons (Fsp3) is 0. The summed E-state index contributed by atoms with van der Waals surface area (Å²) in [6.45, 7) is 0. The van der Waals surface area contributed by atoms with Crippen LogP contribution in [0, 0.1) is 0 Å². The minimum atomic E-state index is -0.995. The molecule has 0 aliphatic rings. The summed E-state index contributed by atoms with van der Waals surface area (Å²) in [5.41, 5.74) is 6.89. The normalized spacial score (nSPS) is 10.5. The molecule has 0 radical (unpaired) electrons. The molecule has 0 atom stereocenters. The highest BCUT2D eigenvalue weighted by atomic mass is 79.9. The maximum atomic E-state index is 10.9. The number of carboxylic acid groups (broad SMARTS) is 1. The molecule has 6 heteroatoms. The Morgan fingerprint density at radius 2 is 2.00 bits per heavy atom. The van der Waals surface area contributed by atoms with Crippen molar-refractivity contribution >= 4 is 54.9 Å². The highest BCUT2D eigenvalue weighted by Gasteiger charge is 2.15. The van der Waals surface area contributed by atoms with Crippen molar-refractivity contribution in [1.82, 2.24) is 0 Å². The molecule has 88 valence electrons. The Bertz CT molecular complexity index is 595. The van der Waals surface area contributed by atoms with Crippen LogP contribution < -0.4 is 5.73 Å². The Kier molecular flexibility index (Phi) is 3.56. The second kappa shape index (κ2) is 4.80. The van der Waals surface area contributed by atoms with Gasteiger partial charge in [-0.15, -0.1) is 11.3 Å². The van der Waals surface area contributed by atoms with E-state index in [0.29, 0.717) is 5.69 Å². The predicted molar refractivity (Wildman–Crippen MR) is 76.5 cm³/mol. The Balaban J connectivity index is 2.57. The molecular formula is C11H7Br2NO2S. The standard InChI is InChI=1S/C11H7Br2NO2S/c12-5-1-2-7(13)6(3-5)9-4-8(14)10(17-9)11(15)16/h1-4H,14H2,(H,15,16). The number of rotatable bonds is 2. The summed E-state index contributed by atoms with van der Waals surface area (Å²) >= 11 is 7.99. The molecule has 17 heavy (non-hydrogen) atoms. The van der Waals surface area contributed by atoms with Crippen molar-refractivity contribution in [1.29, 1.82) is 0 Å². The van der Waals surface area contributed by atoms with Crippen molar-refractivity contribution in [2.75, 3.05) is 5.73 Å². The highest BCUT2D eigenvalue weighted by Crippen LogP contribution is 2.38. The van der Waals surface area contributed by atoms with Crippen LogP contribution in [0.3, 0.4) is 0 Å². The molecule has 0 saturated carbocycles. The molecule has 3 nitrogen and oxygen atoms in total. The van der Waals surface area contributed by atoms with Gasteiger partial charge in [0.2, 0.25) is 0 Å². The summed E-state index contributed by atoms with van der Waals surface area (Å²) < 4.78 is 1.83. The van der Waals surface area contributed by atoms with E-state index in [1.54, 1.807) is 6.07 Å². The molecule has 1 aromatic carbocycles. The van der Waals surface area contributed by atoms with Gasteiger partial charge in [0.05, 0.1) is 5.69 Å². The molecule has 2 aromatic rings. The van der Waals surface area contributed by atoms with Gasteiger partial charge >= 0.3 is 5.97 Å². The SMILES string of the molecule is Nc1cc(-c2cc(Br)ccc2Br)sc1C(=O)O. The fourth-order valence-electron chi connectivity index (χ4n) is 1.39. The number of hydrogen-bond donors (Lipinski definition) is 2. The summed E-state index contributed by atoms with van der Waals surface area (Å²) in [6.07, 6.45) is 0. The van der Waals surface area contributed by atoms with E-state index >= 15 is 0 Å². The lowest BCUT2D eigenvalue weighted by atomic mass is 10.2. The first-order valence-electron chi connectivity index (χ1n) is 4.57. The smallest absolute Gasteiger partial charge is 0.348 e. The van der Waals surface area contributed by atoms with Crippen LogP contribution in [-0.2, 0) is 0 Å². The van der Waals surface area contributed by atoms with Gasteiger partial charge in [0, 0.05) is 19.4 Å². The van der Waals surface area contributed by atoms with Crippen LogP contribution in [0.25, 0.3) is 10.4 Å². The number of hydrogen-bond acceptors (Lipinski definition) is 3. The number of anilines is 1. The zero-order valence-electron chi connectivity index (χ0n) is 8.41. The third kappa shape index (κ3) is 2.53. The average molecular weight is 377 g/mol. The molecule has 0 amide bonds. The van der Waals surface area contributed by atoms with E-state index in [9.17, 15) is 4.79 Å². The summed E-state index contributed by atoms with van der Waals surface area (Å²) in [6, 6.07) is 7.40. The zero-order valence-corrected chi connectivity index (χ0v) is 12.4. The second-order valence-corrected chi connectivity index (χ2v) is 6.15. The van der Waals surface area contributed by atoms with Gasteiger partial charge in [-0.3, -0.25) is 0 Å². The molecule has 0 aliphatic heterocycles. The van der Waals surface area contributed by atoms with Crippen LogP contribution in [0.5, 0.6) is 0 Å². The Hall–Kier alpha value is -0.850. The number of nitrogen functional groups attached to an aromatic ring is 1. The molecular weight excluding hydrogens is 370 g/mol. The lowest BCUT2D eigenvalue weighted by Gasteiger charge is -2.01. The molecule has 2 rings (SSSR count). The van der Waals surface area contributed by atoms with Crippen LogP contribution in [0.15, 0.2) is 33.2 Å². The number of halogens is 2. The first-order valence-corrected chi connectivity index (χ1v) is 6.97. The van der Waals surface area contributed by atoms with E-state index in [-0.39, 0.29) is 4.88 Å². The largest absolute Gasteiger partial charge is 0.477 e. The van der Waals surface area contributed by atoms with Crippen molar-refractivity contribution in [2.45, 2.75) is 0 Å². The third-order valence-electron chi connectivity index (χ3n) is 2.15. The van der Waals surface area contributed by atoms with E-state index in [1.807, 2.05) is 18.2 Å². The molecule has 1 aromatic heterocycles. The maximum absolute atomic E-state index is 10.9. The van der Waals surface area contributed by atoms with Crippen molar-refractivity contribution < 1.29 is 9.90 Å². The van der Waals surface area contributed by atoms with Crippen LogP contribution in [0.1, 0.15) is 9.67 Å². The van der Waals surface area contributed by atoms with Crippen LogP contribution in [0.4, 0.5) is 5.69 Å². The topological polar surface area (TPSA) is 63.3 Å². The zero-order chi connectivity index (χ0) is 12.6. The first kappa shape index (κ1) is 12.6. The van der Waals surface area contributed by atoms with Crippen molar-refractivity contribution in [3.05, 3.63) is 38.1 Å². The second-order valence-electron chi connectivity index (χ2n) is 3.32. The fourth-order valence-corrected chi connectivity index (χ4v) is 3.29. The monoisotopic (exact) mass is 375 g/mol. The van der Waals surface area contributed by atoms with Gasteiger partial charge in [0.15, 0.2) is 0 Å². The molecule has 0 aliphatic carbocycles. The minimum Gasteiger partial charge on any atom is -0.477 e. The lowest BCUT2D eigenvalue weighted by molar-refractivity contribution is 0.0703. The number of carboxylic acids is 1. The number of nitrogens with two attached hydrogens (primary N) is 1. The summed E-state index contributed by atoms with van der Waals surface area (Å²) in [7, 11) is 0. The van der Waals surface area contributed by atoms with E-state index in [4.69, 9.17) is 10.8 Å². The lowest BCUT2D eigenvalue weighted by Crippen LogP contribution is -1.96. The number of aromatic carboxylic acids is 1. The van der Waals surface area contributed by atoms with Gasteiger partial charge in [-0.25, -0.2) is 4.79 Å². The van der Waals surface area contributed by atoms with E-state index in [2.05, 4.69) is 31.9 Å². The molecule has 3 N–H and O–H groups in total. The van der Waals surface area contributed by atoms with Gasteiger partial charge in [0.1, 0.15) is 4.88 Å². The van der Waals surface area contributed by atoms with E-state index in [1.165, 1.54) is 11.3 Å². The van der Waals surface area contributed by atoms with E-state index < -0.39 is 5.97 Å². The minimum absolute atomic E-state index is 0.173. The molecule has 0 spiro atoms. The van der Waals surface area contributed by atoms with Crippen molar-refractivity contribution in [3.63, 3.8) is 0 Å². The molecule has 0 fully saturated rings. The predicted octanol–water partition coefficient (Wildman–Crippen LogP) is 4.22. The summed E-state index contributed by atoms with van der Waals surface area (Å²) in [5, 5.41) is 8.96. The van der Waals surface area contributed by atoms with Gasteiger partial charge in [-0.2, -0.15) is 0 Å². The van der Waals surface area contributed by atoms with Gasteiger partial charge in [-0.1, -0.05) is 31.9 Å². The maximum Gasteiger partial charge on any atom is 0.348 e. The number of carbonyl (C=O) groups is 1. The van der Waals surface area contributed by atoms with Crippen molar-refractivity contribution in [3.8, 4) is 10.4 Å². The Morgan fingerprint density at radius 3 is 2.59 bits per heavy atom. The van der Waals surface area contributed by atoms with Gasteiger partial charge in [-0.05, 0) is 24.3 Å². The molecule has 0 unspecified atom stereocenters. The molecule has 0 saturated heterocycles. The number of thiophene rings is 1. The summed E-state index contributed by atoms with van der Waals surface area (Å²) in [5.74, 6) is -0.995. The molecule has 0 bridgehead atoms. The van der Waals surface area contributed by atoms with Gasteiger partial charge < -0.3 is 10.8 Å². The van der Waals surface area contributed by atoms with E-state index in [0.717, 1.165) is 19.4 Å². The van der Waals surface area contributed by atoms with Crippen LogP contribution >= 0.6 is 43.2 Å². The first-order chi connectivity index (χ1) is 7.99.